The number of nitrogens with zero attached hydrogens (tertiary/aromatic N) is 1. The summed E-state index contributed by atoms with van der Waals surface area (Å²) in [7, 11) is 0. The molecule has 0 amide bonds. The highest BCUT2D eigenvalue weighted by Crippen LogP contribution is 2.46. The molecule has 58 heavy (non-hydrogen) atoms. The molecule has 0 fully saturated rings. The molecule has 0 atom stereocenters. The molecule has 0 radical (unpaired) electrons. The summed E-state index contributed by atoms with van der Waals surface area (Å²) < 4.78 is 6.54. The van der Waals surface area contributed by atoms with Crippen molar-refractivity contribution in [2.24, 2.45) is 0 Å². The van der Waals surface area contributed by atoms with E-state index in [-0.39, 0.29) is 0 Å². The summed E-state index contributed by atoms with van der Waals surface area (Å²) in [6.07, 6.45) is 0. The van der Waals surface area contributed by atoms with Crippen LogP contribution >= 0.6 is 0 Å². The summed E-state index contributed by atoms with van der Waals surface area (Å²) in [4.78, 5) is 2.40. The molecule has 0 bridgehead atoms. The van der Waals surface area contributed by atoms with Gasteiger partial charge in [0.25, 0.3) is 0 Å². The van der Waals surface area contributed by atoms with E-state index in [1.54, 1.807) is 0 Å². The molecular formula is C56H37NO. The summed E-state index contributed by atoms with van der Waals surface area (Å²) in [5, 5.41) is 7.29. The monoisotopic (exact) mass is 739 g/mol. The second-order valence-electron chi connectivity index (χ2n) is 14.8. The summed E-state index contributed by atoms with van der Waals surface area (Å²) >= 11 is 0. The molecule has 0 spiro atoms. The molecule has 2 nitrogen and oxygen atoms in total. The Labute approximate surface area is 337 Å². The van der Waals surface area contributed by atoms with E-state index in [2.05, 4.69) is 217 Å². The number of rotatable bonds is 7. The number of anilines is 3. The number of benzene rings is 10. The fraction of sp³-hybridized carbons (Fsp3) is 0. The average Bonchev–Trinajstić information content (AvgIpc) is 3.69. The summed E-state index contributed by atoms with van der Waals surface area (Å²) in [5.74, 6) is 0. The maximum Gasteiger partial charge on any atom is 0.143 e. The van der Waals surface area contributed by atoms with Crippen LogP contribution in [-0.4, -0.2) is 0 Å². The van der Waals surface area contributed by atoms with Gasteiger partial charge >= 0.3 is 0 Å². The number of hydrogen-bond acceptors (Lipinski definition) is 2. The van der Waals surface area contributed by atoms with Crippen LogP contribution in [0.5, 0.6) is 0 Å². The lowest BCUT2D eigenvalue weighted by molar-refractivity contribution is 0.670. The molecule has 0 aliphatic carbocycles. The molecule has 2 heteroatoms. The largest absolute Gasteiger partial charge is 0.455 e. The average molecular weight is 740 g/mol. The van der Waals surface area contributed by atoms with Crippen LogP contribution in [0.3, 0.4) is 0 Å². The first-order valence-electron chi connectivity index (χ1n) is 19.8. The minimum atomic E-state index is 0.896. The van der Waals surface area contributed by atoms with Gasteiger partial charge in [0.05, 0.1) is 5.69 Å². The first kappa shape index (κ1) is 33.6. The van der Waals surface area contributed by atoms with Crippen LogP contribution in [0.1, 0.15) is 0 Å². The number of para-hydroxylation sites is 3. The van der Waals surface area contributed by atoms with Gasteiger partial charge in [-0.25, -0.2) is 0 Å². The van der Waals surface area contributed by atoms with Crippen molar-refractivity contribution in [3.05, 3.63) is 224 Å². The van der Waals surface area contributed by atoms with Gasteiger partial charge < -0.3 is 9.32 Å². The molecular weight excluding hydrogens is 703 g/mol. The normalized spacial score (nSPS) is 11.4. The van der Waals surface area contributed by atoms with Crippen LogP contribution in [0.15, 0.2) is 229 Å². The van der Waals surface area contributed by atoms with E-state index in [0.29, 0.717) is 0 Å². The van der Waals surface area contributed by atoms with Crippen molar-refractivity contribution in [3.63, 3.8) is 0 Å². The summed E-state index contributed by atoms with van der Waals surface area (Å²) in [6.45, 7) is 0. The van der Waals surface area contributed by atoms with E-state index in [4.69, 9.17) is 4.42 Å². The van der Waals surface area contributed by atoms with Crippen molar-refractivity contribution in [2.45, 2.75) is 0 Å². The summed E-state index contributed by atoms with van der Waals surface area (Å²) in [5.41, 5.74) is 14.3. The Hall–Kier alpha value is -7.68. The second-order valence-corrected chi connectivity index (χ2v) is 14.8. The quantitative estimate of drug-likeness (QED) is 0.151. The number of hydrogen-bond donors (Lipinski definition) is 0. The van der Waals surface area contributed by atoms with E-state index in [1.807, 2.05) is 12.1 Å². The van der Waals surface area contributed by atoms with E-state index in [0.717, 1.165) is 55.7 Å². The van der Waals surface area contributed by atoms with Crippen LogP contribution in [-0.2, 0) is 0 Å². The predicted octanol–water partition coefficient (Wildman–Crippen LogP) is 16.0. The van der Waals surface area contributed by atoms with E-state index in [1.165, 1.54) is 49.4 Å². The lowest BCUT2D eigenvalue weighted by Crippen LogP contribution is -2.11. The van der Waals surface area contributed by atoms with Gasteiger partial charge in [0, 0.05) is 33.3 Å². The fourth-order valence-electron chi connectivity index (χ4n) is 8.78. The molecule has 0 aliphatic heterocycles. The lowest BCUT2D eigenvalue weighted by Gasteiger charge is -2.29. The van der Waals surface area contributed by atoms with E-state index in [9.17, 15) is 0 Å². The van der Waals surface area contributed by atoms with Crippen molar-refractivity contribution in [1.82, 2.24) is 0 Å². The highest BCUT2D eigenvalue weighted by Gasteiger charge is 2.21. The molecule has 11 rings (SSSR count). The highest BCUT2D eigenvalue weighted by molar-refractivity contribution is 6.12. The molecule has 0 aliphatic rings. The Kier molecular flexibility index (Phi) is 8.19. The van der Waals surface area contributed by atoms with Gasteiger partial charge in [-0.1, -0.05) is 188 Å². The Morgan fingerprint density at radius 2 is 0.897 bits per heavy atom. The van der Waals surface area contributed by atoms with Gasteiger partial charge in [-0.2, -0.15) is 0 Å². The van der Waals surface area contributed by atoms with Gasteiger partial charge in [-0.3, -0.25) is 0 Å². The molecule has 0 saturated carbocycles. The Balaban J connectivity index is 1.09. The van der Waals surface area contributed by atoms with Gasteiger partial charge in [-0.15, -0.1) is 0 Å². The first-order valence-corrected chi connectivity index (χ1v) is 19.8. The summed E-state index contributed by atoms with van der Waals surface area (Å²) in [6, 6.07) is 80.7. The zero-order valence-electron chi connectivity index (χ0n) is 31.7. The standard InChI is InChI=1S/C56H37NO/c1-2-15-38(16-3-1)44-21-6-7-22-49(44)51-23-8-10-29-54(51)57(43-19-12-18-41(37-43)47-26-14-28-53-52-24-9-11-30-55(52)58-56(47)53)42-34-31-40(32-35-42)46-25-13-27-48-45-20-5-4-17-39(45)33-36-50(46)48/h1-37H. The Morgan fingerprint density at radius 3 is 1.76 bits per heavy atom. The van der Waals surface area contributed by atoms with Crippen LogP contribution in [0.2, 0.25) is 0 Å². The van der Waals surface area contributed by atoms with Gasteiger partial charge in [0.1, 0.15) is 11.2 Å². The number of fused-ring (bicyclic) bond motifs is 6. The van der Waals surface area contributed by atoms with Crippen molar-refractivity contribution in [3.8, 4) is 44.5 Å². The molecule has 1 aromatic heterocycles. The van der Waals surface area contributed by atoms with Gasteiger partial charge in [0.2, 0.25) is 0 Å². The zero-order chi connectivity index (χ0) is 38.4. The molecule has 0 unspecified atom stereocenters. The van der Waals surface area contributed by atoms with Crippen LogP contribution in [0.4, 0.5) is 17.1 Å². The van der Waals surface area contributed by atoms with E-state index >= 15 is 0 Å². The van der Waals surface area contributed by atoms with Crippen molar-refractivity contribution >= 4 is 60.5 Å². The van der Waals surface area contributed by atoms with E-state index < -0.39 is 0 Å². The molecule has 11 aromatic rings. The Bertz CT molecular complexity index is 3290. The predicted molar refractivity (Wildman–Crippen MR) is 245 cm³/mol. The van der Waals surface area contributed by atoms with Crippen LogP contribution in [0.25, 0.3) is 88.0 Å². The van der Waals surface area contributed by atoms with Gasteiger partial charge in [-0.05, 0) is 91.3 Å². The third kappa shape index (κ3) is 5.74. The maximum absolute atomic E-state index is 6.54. The van der Waals surface area contributed by atoms with Gasteiger partial charge in [0.15, 0.2) is 0 Å². The topological polar surface area (TPSA) is 16.4 Å². The van der Waals surface area contributed by atoms with Crippen molar-refractivity contribution in [2.75, 3.05) is 4.90 Å². The minimum Gasteiger partial charge on any atom is -0.455 e. The zero-order valence-corrected chi connectivity index (χ0v) is 31.7. The molecule has 0 saturated heterocycles. The molecule has 1 heterocycles. The van der Waals surface area contributed by atoms with Crippen LogP contribution in [0, 0.1) is 0 Å². The molecule has 0 N–H and O–H groups in total. The lowest BCUT2D eigenvalue weighted by atomic mass is 9.92. The van der Waals surface area contributed by atoms with Crippen molar-refractivity contribution in [1.29, 1.82) is 0 Å². The third-order valence-corrected chi connectivity index (χ3v) is 11.5. The third-order valence-electron chi connectivity index (χ3n) is 11.5. The highest BCUT2D eigenvalue weighted by atomic mass is 16.3. The first-order chi connectivity index (χ1) is 28.8. The van der Waals surface area contributed by atoms with Crippen molar-refractivity contribution < 1.29 is 4.42 Å². The SMILES string of the molecule is c1ccc(-c2ccccc2-c2ccccc2N(c2ccc(-c3cccc4c3ccc3ccccc34)cc2)c2cccc(-c3cccc4c3oc3ccccc34)c2)cc1. The smallest absolute Gasteiger partial charge is 0.143 e. The van der Waals surface area contributed by atoms with Crippen LogP contribution < -0.4 is 4.90 Å². The fourth-order valence-corrected chi connectivity index (χ4v) is 8.78. The maximum atomic E-state index is 6.54. The second kappa shape index (κ2) is 14.1. The number of furan rings is 1. The molecule has 10 aromatic carbocycles. The molecule has 272 valence electrons. The minimum absolute atomic E-state index is 0.896. The Morgan fingerprint density at radius 1 is 0.293 bits per heavy atom.